The van der Waals surface area contributed by atoms with Crippen molar-refractivity contribution in [2.75, 3.05) is 5.43 Å². The molecular weight excluding hydrogens is 458 g/mol. The number of amides is 2. The second-order valence-corrected chi connectivity index (χ2v) is 7.23. The van der Waals surface area contributed by atoms with E-state index in [2.05, 4.69) is 21.0 Å². The maximum atomic E-state index is 14.2. The maximum Gasteiger partial charge on any atom is 0.411 e. The van der Waals surface area contributed by atoms with Gasteiger partial charge in [0.25, 0.3) is 11.5 Å². The lowest BCUT2D eigenvalue weighted by Crippen LogP contribution is -2.47. The Morgan fingerprint density at radius 3 is 2.45 bits per heavy atom. The number of nitrogens with zero attached hydrogens (tertiary/aromatic N) is 2. The van der Waals surface area contributed by atoms with Crippen LogP contribution in [0.3, 0.4) is 0 Å². The molecule has 1 atom stereocenters. The molecule has 1 aromatic carbocycles. The van der Waals surface area contributed by atoms with Crippen molar-refractivity contribution < 1.29 is 23.8 Å². The number of nitriles is 1. The third-order valence-electron chi connectivity index (χ3n) is 3.61. The highest BCUT2D eigenvalue weighted by Crippen LogP contribution is 2.38. The summed E-state index contributed by atoms with van der Waals surface area (Å²) in [6, 6.07) is 3.75. The van der Waals surface area contributed by atoms with Crippen LogP contribution in [0.4, 0.5) is 14.9 Å². The summed E-state index contributed by atoms with van der Waals surface area (Å²) < 4.78 is 19.6. The number of nitrogens with one attached hydrogen (secondary N) is 4. The monoisotopic (exact) mass is 472 g/mol. The average molecular weight is 473 g/mol. The van der Waals surface area contributed by atoms with Gasteiger partial charge in [-0.05, 0) is 26.0 Å². The molecule has 2 amide bonds. The van der Waals surface area contributed by atoms with Crippen LogP contribution in [0.5, 0.6) is 11.6 Å². The predicted molar refractivity (Wildman–Crippen MR) is 108 cm³/mol. The van der Waals surface area contributed by atoms with Crippen molar-refractivity contribution in [2.24, 2.45) is 0 Å². The Kier molecular flexibility index (Phi) is 7.40. The Hall–Kier alpha value is -3.40. The number of hydrogen-bond acceptors (Lipinski definition) is 8. The molecule has 2 rings (SSSR count). The van der Waals surface area contributed by atoms with E-state index in [1.807, 2.05) is 0 Å². The van der Waals surface area contributed by atoms with Gasteiger partial charge in [-0.25, -0.2) is 19.7 Å². The molecular formula is C17H15Cl2FN6O5. The van der Waals surface area contributed by atoms with Gasteiger partial charge in [0, 0.05) is 6.07 Å². The van der Waals surface area contributed by atoms with Gasteiger partial charge in [0.15, 0.2) is 11.8 Å². The van der Waals surface area contributed by atoms with E-state index in [0.29, 0.717) is 0 Å². The lowest BCUT2D eigenvalue weighted by Gasteiger charge is -2.16. The first kappa shape index (κ1) is 23.9. The molecule has 0 aliphatic rings. The van der Waals surface area contributed by atoms with E-state index in [0.717, 1.165) is 6.07 Å². The minimum Gasteiger partial charge on any atom is -0.465 e. The summed E-state index contributed by atoms with van der Waals surface area (Å²) in [5.41, 5.74) is 2.12. The number of carbonyl (C=O) groups is 2. The summed E-state index contributed by atoms with van der Waals surface area (Å²) in [5, 5.41) is 24.7. The van der Waals surface area contributed by atoms with E-state index >= 15 is 0 Å². The van der Waals surface area contributed by atoms with Crippen molar-refractivity contribution in [1.82, 2.24) is 20.9 Å². The molecule has 1 aromatic heterocycles. The molecule has 14 heteroatoms. The molecule has 0 fully saturated rings. The molecule has 164 valence electrons. The van der Waals surface area contributed by atoms with Gasteiger partial charge in [-0.15, -0.1) is 5.10 Å². The Bertz CT molecular complexity index is 1090. The molecule has 0 saturated heterocycles. The van der Waals surface area contributed by atoms with Gasteiger partial charge in [0.1, 0.15) is 5.67 Å². The van der Waals surface area contributed by atoms with E-state index < -0.39 is 29.3 Å². The first-order valence-electron chi connectivity index (χ1n) is 8.33. The van der Waals surface area contributed by atoms with Crippen LogP contribution in [0.25, 0.3) is 0 Å². The summed E-state index contributed by atoms with van der Waals surface area (Å²) in [7, 11) is 0. The molecule has 2 aromatic rings. The first-order valence-corrected chi connectivity index (χ1v) is 9.09. The molecule has 11 nitrogen and oxygen atoms in total. The number of anilines is 1. The minimum absolute atomic E-state index is 0.0330. The molecule has 31 heavy (non-hydrogen) atoms. The van der Waals surface area contributed by atoms with Gasteiger partial charge in [0.2, 0.25) is 5.88 Å². The average Bonchev–Trinajstić information content (AvgIpc) is 2.65. The zero-order valence-corrected chi connectivity index (χ0v) is 17.4. The van der Waals surface area contributed by atoms with Crippen molar-refractivity contribution in [2.45, 2.75) is 25.6 Å². The number of hydrogen-bond donors (Lipinski definition) is 5. The number of aromatic nitrogens is 2. The van der Waals surface area contributed by atoms with Crippen LogP contribution < -0.4 is 26.5 Å². The molecule has 0 aliphatic carbocycles. The fourth-order valence-electron chi connectivity index (χ4n) is 2.20. The van der Waals surface area contributed by atoms with Crippen LogP contribution in [0, 0.1) is 11.3 Å². The van der Waals surface area contributed by atoms with Crippen molar-refractivity contribution in [3.8, 4) is 17.7 Å². The number of carboxylic acid groups (broad SMARTS) is 1. The van der Waals surface area contributed by atoms with Gasteiger partial charge in [-0.2, -0.15) is 5.26 Å². The third kappa shape index (κ3) is 6.29. The topological polar surface area (TPSA) is 169 Å². The van der Waals surface area contributed by atoms with Crippen LogP contribution >= 0.6 is 23.2 Å². The smallest absolute Gasteiger partial charge is 0.411 e. The largest absolute Gasteiger partial charge is 0.465 e. The second kappa shape index (κ2) is 9.61. The zero-order chi connectivity index (χ0) is 23.3. The van der Waals surface area contributed by atoms with E-state index in [1.54, 1.807) is 6.07 Å². The number of halogens is 3. The number of rotatable bonds is 7. The number of hydrazine groups is 1. The number of aromatic amines is 1. The molecule has 0 bridgehead atoms. The molecule has 0 saturated carbocycles. The molecule has 0 radical (unpaired) electrons. The SMILES string of the molecule is CC(C)(F)c1cc(Oc2c(Cl)cc(NNC(C#N)C(=O)NC(=O)O)cc2Cl)n[nH]c1=O. The predicted octanol–water partition coefficient (Wildman–Crippen LogP) is 2.68. The lowest BCUT2D eigenvalue weighted by atomic mass is 10.0. The zero-order valence-electron chi connectivity index (χ0n) is 15.9. The summed E-state index contributed by atoms with van der Waals surface area (Å²) >= 11 is 12.3. The van der Waals surface area contributed by atoms with Crippen molar-refractivity contribution in [3.63, 3.8) is 0 Å². The summed E-state index contributed by atoms with van der Waals surface area (Å²) in [6.07, 6.45) is -1.62. The summed E-state index contributed by atoms with van der Waals surface area (Å²) in [4.78, 5) is 33.8. The van der Waals surface area contributed by atoms with Crippen molar-refractivity contribution >= 4 is 40.9 Å². The highest BCUT2D eigenvalue weighted by Gasteiger charge is 2.24. The maximum absolute atomic E-state index is 14.2. The number of carbonyl (C=O) groups excluding carboxylic acids is 1. The number of benzene rings is 1. The highest BCUT2D eigenvalue weighted by atomic mass is 35.5. The van der Waals surface area contributed by atoms with E-state index in [-0.39, 0.29) is 32.9 Å². The standard InChI is InChI=1S/C17H15Cl2FN6O5/c1-17(2,20)8-5-12(25-26-14(8)27)31-13-9(18)3-7(4-10(13)19)23-24-11(6-21)15(28)22-16(29)30/h3-5,11,23-24H,1-2H3,(H,22,28)(H,26,27)(H,29,30). The second-order valence-electron chi connectivity index (χ2n) is 6.42. The van der Waals surface area contributed by atoms with Crippen LogP contribution in [0.1, 0.15) is 19.4 Å². The normalized spacial score (nSPS) is 11.9. The summed E-state index contributed by atoms with van der Waals surface area (Å²) in [5.74, 6) is -1.33. The number of H-pyrrole nitrogens is 1. The van der Waals surface area contributed by atoms with Gasteiger partial charge in [-0.3, -0.25) is 14.9 Å². The number of alkyl halides is 1. The highest BCUT2D eigenvalue weighted by molar-refractivity contribution is 6.37. The fourth-order valence-corrected chi connectivity index (χ4v) is 2.77. The van der Waals surface area contributed by atoms with Crippen LogP contribution in [-0.4, -0.2) is 33.3 Å². The third-order valence-corrected chi connectivity index (χ3v) is 4.17. The lowest BCUT2D eigenvalue weighted by molar-refractivity contribution is -0.120. The molecule has 5 N–H and O–H groups in total. The van der Waals surface area contributed by atoms with Crippen LogP contribution in [0.2, 0.25) is 10.0 Å². The first-order chi connectivity index (χ1) is 14.4. The summed E-state index contributed by atoms with van der Waals surface area (Å²) in [6.45, 7) is 2.39. The van der Waals surface area contributed by atoms with E-state index in [9.17, 15) is 18.8 Å². The molecule has 0 spiro atoms. The van der Waals surface area contributed by atoms with Crippen molar-refractivity contribution in [1.29, 1.82) is 5.26 Å². The van der Waals surface area contributed by atoms with Crippen LogP contribution in [0.15, 0.2) is 23.0 Å². The molecule has 0 aliphatic heterocycles. The van der Waals surface area contributed by atoms with E-state index in [1.165, 1.54) is 31.3 Å². The fraction of sp³-hybridized carbons (Fsp3) is 0.235. The Labute approximate surface area is 184 Å². The van der Waals surface area contributed by atoms with Gasteiger partial charge < -0.3 is 15.3 Å². The Balaban J connectivity index is 2.20. The molecule has 1 unspecified atom stereocenters. The van der Waals surface area contributed by atoms with Crippen molar-refractivity contribution in [3.05, 3.63) is 44.2 Å². The van der Waals surface area contributed by atoms with Gasteiger partial charge >= 0.3 is 6.09 Å². The Morgan fingerprint density at radius 2 is 1.94 bits per heavy atom. The number of imide groups is 1. The van der Waals surface area contributed by atoms with E-state index in [4.69, 9.17) is 38.3 Å². The van der Waals surface area contributed by atoms with Crippen LogP contribution in [-0.2, 0) is 10.5 Å². The van der Waals surface area contributed by atoms with Gasteiger partial charge in [0.05, 0.1) is 27.4 Å². The minimum atomic E-state index is -1.95. The molecule has 1 heterocycles. The number of ether oxygens (including phenoxy) is 1. The Morgan fingerprint density at radius 1 is 1.32 bits per heavy atom. The quantitative estimate of drug-likeness (QED) is 0.380. The van der Waals surface area contributed by atoms with Gasteiger partial charge in [-0.1, -0.05) is 23.2 Å².